The monoisotopic (exact) mass is 297 g/mol. The molecule has 6 heteroatoms. The van der Waals surface area contributed by atoms with Gasteiger partial charge in [-0.15, -0.1) is 0 Å². The number of rotatable bonds is 5. The second-order valence-electron chi connectivity index (χ2n) is 5.20. The number of alkyl halides is 3. The average Bonchev–Trinajstić information content (AvgIpc) is 2.95. The fraction of sp³-hybridized carbons (Fsp3) is 0.533. The van der Waals surface area contributed by atoms with Crippen LogP contribution < -0.4 is 5.32 Å². The van der Waals surface area contributed by atoms with E-state index >= 15 is 0 Å². The Labute approximate surface area is 122 Å². The minimum atomic E-state index is -4.42. The number of benzene rings is 1. The van der Waals surface area contributed by atoms with E-state index in [0.717, 1.165) is 38.2 Å². The van der Waals surface area contributed by atoms with Crippen LogP contribution in [0.3, 0.4) is 0 Å². The number of hydrogen-bond acceptors (Lipinski definition) is 3. The number of nitrogens with zero attached hydrogens (tertiary/aromatic N) is 2. The van der Waals surface area contributed by atoms with Gasteiger partial charge in [-0.3, -0.25) is 0 Å². The van der Waals surface area contributed by atoms with Crippen LogP contribution in [0.1, 0.15) is 30.4 Å². The second-order valence-corrected chi connectivity index (χ2v) is 5.20. The first kappa shape index (κ1) is 15.6. The maximum absolute atomic E-state index is 12.6. The molecule has 1 fully saturated rings. The average molecular weight is 297 g/mol. The van der Waals surface area contributed by atoms with Gasteiger partial charge in [0.05, 0.1) is 16.8 Å². The first-order valence-electron chi connectivity index (χ1n) is 7.08. The van der Waals surface area contributed by atoms with Gasteiger partial charge < -0.3 is 10.2 Å². The lowest BCUT2D eigenvalue weighted by molar-refractivity contribution is -0.137. The Bertz CT molecular complexity index is 514. The molecule has 0 unspecified atom stereocenters. The van der Waals surface area contributed by atoms with E-state index < -0.39 is 11.7 Å². The van der Waals surface area contributed by atoms with E-state index in [1.807, 2.05) is 6.07 Å². The molecule has 1 aliphatic heterocycles. The SMILES string of the molecule is N#Cc1cc(C(F)(F)F)ccc1NCCCN1CCCC1. The Morgan fingerprint density at radius 3 is 2.57 bits per heavy atom. The lowest BCUT2D eigenvalue weighted by atomic mass is 10.1. The Kier molecular flexibility index (Phi) is 5.07. The molecular formula is C15H18F3N3. The maximum atomic E-state index is 12.6. The van der Waals surface area contributed by atoms with Crippen LogP contribution in [0.25, 0.3) is 0 Å². The molecule has 0 spiro atoms. The predicted molar refractivity (Wildman–Crippen MR) is 74.9 cm³/mol. The van der Waals surface area contributed by atoms with Crippen molar-refractivity contribution in [3.8, 4) is 6.07 Å². The molecule has 1 saturated heterocycles. The van der Waals surface area contributed by atoms with Gasteiger partial charge in [0.1, 0.15) is 6.07 Å². The Hall–Kier alpha value is -1.74. The summed E-state index contributed by atoms with van der Waals surface area (Å²) >= 11 is 0. The quantitative estimate of drug-likeness (QED) is 0.846. The molecule has 1 aliphatic rings. The third kappa shape index (κ3) is 4.36. The molecule has 2 rings (SSSR count). The predicted octanol–water partition coefficient (Wildman–Crippen LogP) is 3.47. The van der Waals surface area contributed by atoms with Crippen LogP contribution in [-0.2, 0) is 6.18 Å². The van der Waals surface area contributed by atoms with E-state index in [9.17, 15) is 13.2 Å². The molecule has 0 aliphatic carbocycles. The zero-order chi connectivity index (χ0) is 15.3. The number of likely N-dealkylation sites (tertiary alicyclic amines) is 1. The highest BCUT2D eigenvalue weighted by Gasteiger charge is 2.31. The Balaban J connectivity index is 1.89. The zero-order valence-electron chi connectivity index (χ0n) is 11.7. The molecule has 0 atom stereocenters. The maximum Gasteiger partial charge on any atom is 0.416 e. The van der Waals surface area contributed by atoms with Crippen LogP contribution in [0, 0.1) is 11.3 Å². The molecule has 3 nitrogen and oxygen atoms in total. The second kappa shape index (κ2) is 6.81. The Morgan fingerprint density at radius 2 is 1.95 bits per heavy atom. The number of anilines is 1. The Morgan fingerprint density at radius 1 is 1.24 bits per heavy atom. The van der Waals surface area contributed by atoms with Crippen molar-refractivity contribution in [3.63, 3.8) is 0 Å². The van der Waals surface area contributed by atoms with E-state index in [4.69, 9.17) is 5.26 Å². The molecule has 0 radical (unpaired) electrons. The van der Waals surface area contributed by atoms with E-state index in [1.54, 1.807) is 0 Å². The molecule has 114 valence electrons. The standard InChI is InChI=1S/C15H18F3N3/c16-15(17,18)13-4-5-14(12(10-13)11-19)20-6-3-9-21-7-1-2-8-21/h4-5,10,20H,1-3,6-9H2. The van der Waals surface area contributed by atoms with E-state index in [1.165, 1.54) is 18.9 Å². The summed E-state index contributed by atoms with van der Waals surface area (Å²) in [6, 6.07) is 5.04. The van der Waals surface area contributed by atoms with E-state index in [0.29, 0.717) is 12.2 Å². The van der Waals surface area contributed by atoms with Crippen LogP contribution in [-0.4, -0.2) is 31.1 Å². The van der Waals surface area contributed by atoms with Crippen LogP contribution in [0.5, 0.6) is 0 Å². The van der Waals surface area contributed by atoms with E-state index in [-0.39, 0.29) is 5.56 Å². The molecule has 0 bridgehead atoms. The highest BCUT2D eigenvalue weighted by Crippen LogP contribution is 2.31. The summed E-state index contributed by atoms with van der Waals surface area (Å²) in [5, 5.41) is 12.0. The number of hydrogen-bond donors (Lipinski definition) is 1. The van der Waals surface area contributed by atoms with Crippen molar-refractivity contribution < 1.29 is 13.2 Å². The molecule has 21 heavy (non-hydrogen) atoms. The van der Waals surface area contributed by atoms with Crippen LogP contribution in [0.4, 0.5) is 18.9 Å². The third-order valence-electron chi connectivity index (χ3n) is 3.63. The normalized spacial score (nSPS) is 15.9. The summed E-state index contributed by atoms with van der Waals surface area (Å²) in [5.41, 5.74) is -0.292. The lowest BCUT2D eigenvalue weighted by Gasteiger charge is -2.15. The number of nitriles is 1. The van der Waals surface area contributed by atoms with Gasteiger partial charge in [0.2, 0.25) is 0 Å². The number of halogens is 3. The summed E-state index contributed by atoms with van der Waals surface area (Å²) in [6.45, 7) is 3.89. The number of nitrogens with one attached hydrogen (secondary N) is 1. The van der Waals surface area contributed by atoms with Crippen LogP contribution >= 0.6 is 0 Å². The third-order valence-corrected chi connectivity index (χ3v) is 3.63. The minimum absolute atomic E-state index is 0.0333. The summed E-state index contributed by atoms with van der Waals surface area (Å²) in [6.07, 6.45) is -1.03. The highest BCUT2D eigenvalue weighted by molar-refractivity contribution is 5.58. The van der Waals surface area contributed by atoms with Crippen molar-refractivity contribution >= 4 is 5.69 Å². The van der Waals surface area contributed by atoms with Crippen molar-refractivity contribution in [2.24, 2.45) is 0 Å². The lowest BCUT2D eigenvalue weighted by Crippen LogP contribution is -2.22. The molecule has 0 aromatic heterocycles. The highest BCUT2D eigenvalue weighted by atomic mass is 19.4. The topological polar surface area (TPSA) is 39.1 Å². The van der Waals surface area contributed by atoms with Gasteiger partial charge in [-0.1, -0.05) is 0 Å². The van der Waals surface area contributed by atoms with Gasteiger partial charge in [-0.05, 0) is 57.1 Å². The van der Waals surface area contributed by atoms with Crippen LogP contribution in [0.15, 0.2) is 18.2 Å². The van der Waals surface area contributed by atoms with Gasteiger partial charge in [-0.25, -0.2) is 0 Å². The smallest absolute Gasteiger partial charge is 0.384 e. The largest absolute Gasteiger partial charge is 0.416 e. The summed E-state index contributed by atoms with van der Waals surface area (Å²) < 4.78 is 37.7. The minimum Gasteiger partial charge on any atom is -0.384 e. The first-order valence-corrected chi connectivity index (χ1v) is 7.08. The summed E-state index contributed by atoms with van der Waals surface area (Å²) in [4.78, 5) is 2.37. The fourth-order valence-electron chi connectivity index (χ4n) is 2.50. The van der Waals surface area contributed by atoms with Crippen molar-refractivity contribution in [1.29, 1.82) is 5.26 Å². The van der Waals surface area contributed by atoms with Crippen molar-refractivity contribution in [2.75, 3.05) is 31.5 Å². The summed E-state index contributed by atoms with van der Waals surface area (Å²) in [5.74, 6) is 0. The van der Waals surface area contributed by atoms with Gasteiger partial charge in [-0.2, -0.15) is 18.4 Å². The van der Waals surface area contributed by atoms with Gasteiger partial charge in [0.25, 0.3) is 0 Å². The van der Waals surface area contributed by atoms with E-state index in [2.05, 4.69) is 10.2 Å². The fourth-order valence-corrected chi connectivity index (χ4v) is 2.50. The zero-order valence-corrected chi connectivity index (χ0v) is 11.7. The van der Waals surface area contributed by atoms with Gasteiger partial charge >= 0.3 is 6.18 Å². The summed E-state index contributed by atoms with van der Waals surface area (Å²) in [7, 11) is 0. The molecule has 0 amide bonds. The van der Waals surface area contributed by atoms with Crippen LogP contribution in [0.2, 0.25) is 0 Å². The molecule has 1 aromatic carbocycles. The molecule has 1 heterocycles. The van der Waals surface area contributed by atoms with Gasteiger partial charge in [0, 0.05) is 6.54 Å². The molecule has 1 N–H and O–H groups in total. The van der Waals surface area contributed by atoms with Crippen molar-refractivity contribution in [1.82, 2.24) is 4.90 Å². The molecule has 1 aromatic rings. The first-order chi connectivity index (χ1) is 10.0. The molecule has 0 saturated carbocycles. The van der Waals surface area contributed by atoms with Crippen molar-refractivity contribution in [3.05, 3.63) is 29.3 Å². The molecular weight excluding hydrogens is 279 g/mol. The van der Waals surface area contributed by atoms with Crippen molar-refractivity contribution in [2.45, 2.75) is 25.4 Å². The van der Waals surface area contributed by atoms with Gasteiger partial charge in [0.15, 0.2) is 0 Å².